The molecule has 0 atom stereocenters. The molecule has 0 fully saturated rings. The molecule has 0 unspecified atom stereocenters. The molecule has 0 aromatic heterocycles. The molecule has 7 N–H and O–H groups in total. The lowest BCUT2D eigenvalue weighted by molar-refractivity contribution is 0.470. The van der Waals surface area contributed by atoms with E-state index in [0.29, 0.717) is 3.57 Å². The van der Waals surface area contributed by atoms with E-state index in [9.17, 15) is 9.50 Å². The summed E-state index contributed by atoms with van der Waals surface area (Å²) in [4.78, 5) is 7.23. The quantitative estimate of drug-likeness (QED) is 0.335. The Bertz CT molecular complexity index is 446. The third-order valence-corrected chi connectivity index (χ3v) is 2.30. The molecule has 6 nitrogen and oxygen atoms in total. The smallest absolute Gasteiger partial charge is 0.223 e. The van der Waals surface area contributed by atoms with Crippen molar-refractivity contribution in [2.75, 3.05) is 0 Å². The first-order valence-corrected chi connectivity index (χ1v) is 5.10. The van der Waals surface area contributed by atoms with Crippen LogP contribution in [0.2, 0.25) is 0 Å². The van der Waals surface area contributed by atoms with Crippen molar-refractivity contribution in [1.29, 1.82) is 0 Å². The van der Waals surface area contributed by atoms with Crippen molar-refractivity contribution in [3.05, 3.63) is 21.5 Å². The van der Waals surface area contributed by atoms with Gasteiger partial charge in [-0.15, -0.1) is 0 Å². The first-order valence-electron chi connectivity index (χ1n) is 4.02. The Morgan fingerprint density at radius 2 is 1.94 bits per heavy atom. The third kappa shape index (κ3) is 3.22. The minimum atomic E-state index is -0.568. The van der Waals surface area contributed by atoms with Gasteiger partial charge in [-0.05, 0) is 28.7 Å². The van der Waals surface area contributed by atoms with Gasteiger partial charge in [0.1, 0.15) is 17.3 Å². The highest BCUT2D eigenvalue weighted by molar-refractivity contribution is 14.1. The molecule has 0 aliphatic rings. The molecule has 1 aromatic carbocycles. The van der Waals surface area contributed by atoms with Gasteiger partial charge in [0.15, 0.2) is 5.96 Å². The molecule has 0 spiro atoms. The maximum atomic E-state index is 12.8. The number of phenolic OH excluding ortho intramolecular Hbond substituents is 1. The minimum Gasteiger partial charge on any atom is -0.506 e. The number of benzene rings is 1. The van der Waals surface area contributed by atoms with Crippen LogP contribution in [-0.2, 0) is 0 Å². The van der Waals surface area contributed by atoms with Crippen LogP contribution in [0.4, 0.5) is 10.1 Å². The Labute approximate surface area is 104 Å². The maximum absolute atomic E-state index is 12.8. The summed E-state index contributed by atoms with van der Waals surface area (Å²) in [6.07, 6.45) is 0. The zero-order chi connectivity index (χ0) is 12.3. The van der Waals surface area contributed by atoms with Crippen LogP contribution in [0.3, 0.4) is 0 Å². The summed E-state index contributed by atoms with van der Waals surface area (Å²) in [7, 11) is 0. The van der Waals surface area contributed by atoms with Crippen molar-refractivity contribution in [1.82, 2.24) is 0 Å². The Kier molecular flexibility index (Phi) is 3.88. The van der Waals surface area contributed by atoms with Gasteiger partial charge in [0.2, 0.25) is 5.96 Å². The lowest BCUT2D eigenvalue weighted by atomic mass is 10.3. The first-order chi connectivity index (χ1) is 7.40. The number of aliphatic imine (C=N–C) groups is 2. The molecule has 0 saturated heterocycles. The van der Waals surface area contributed by atoms with Crippen molar-refractivity contribution < 1.29 is 9.50 Å². The van der Waals surface area contributed by atoms with E-state index in [-0.39, 0.29) is 23.4 Å². The highest BCUT2D eigenvalue weighted by Crippen LogP contribution is 2.32. The lowest BCUT2D eigenvalue weighted by Gasteiger charge is -2.02. The van der Waals surface area contributed by atoms with Crippen LogP contribution in [0, 0.1) is 9.39 Å². The van der Waals surface area contributed by atoms with Gasteiger partial charge in [0.25, 0.3) is 0 Å². The first kappa shape index (κ1) is 12.5. The van der Waals surface area contributed by atoms with E-state index >= 15 is 0 Å². The van der Waals surface area contributed by atoms with E-state index in [0.717, 1.165) is 6.07 Å². The molecule has 1 rings (SSSR count). The average Bonchev–Trinajstić information content (AvgIpc) is 2.09. The number of aromatic hydroxyl groups is 1. The van der Waals surface area contributed by atoms with Crippen LogP contribution in [0.5, 0.6) is 5.75 Å². The van der Waals surface area contributed by atoms with Crippen molar-refractivity contribution in [2.24, 2.45) is 27.2 Å². The van der Waals surface area contributed by atoms with E-state index < -0.39 is 5.82 Å². The van der Waals surface area contributed by atoms with Gasteiger partial charge in [-0.1, -0.05) is 0 Å². The molecule has 0 heterocycles. The summed E-state index contributed by atoms with van der Waals surface area (Å²) in [6, 6.07) is 2.12. The number of rotatable bonds is 1. The monoisotopic (exact) mass is 337 g/mol. The summed E-state index contributed by atoms with van der Waals surface area (Å²) < 4.78 is 13.2. The van der Waals surface area contributed by atoms with Gasteiger partial charge in [-0.25, -0.2) is 9.38 Å². The highest BCUT2D eigenvalue weighted by Gasteiger charge is 2.08. The Hall–Kier alpha value is -1.58. The van der Waals surface area contributed by atoms with E-state index in [1.165, 1.54) is 6.07 Å². The summed E-state index contributed by atoms with van der Waals surface area (Å²) >= 11 is 1.81. The topological polar surface area (TPSA) is 123 Å². The zero-order valence-corrected chi connectivity index (χ0v) is 10.1. The van der Waals surface area contributed by atoms with Crippen LogP contribution in [0.1, 0.15) is 0 Å². The molecule has 0 bridgehead atoms. The molecule has 0 radical (unpaired) electrons. The van der Waals surface area contributed by atoms with E-state index in [2.05, 4.69) is 9.98 Å². The maximum Gasteiger partial charge on any atom is 0.223 e. The van der Waals surface area contributed by atoms with Gasteiger partial charge in [0, 0.05) is 9.64 Å². The molecule has 0 amide bonds. The van der Waals surface area contributed by atoms with Gasteiger partial charge in [-0.3, -0.25) is 0 Å². The normalized spacial score (nSPS) is 11.2. The average molecular weight is 337 g/mol. The number of hydrogen-bond donors (Lipinski definition) is 4. The van der Waals surface area contributed by atoms with Crippen molar-refractivity contribution in [3.63, 3.8) is 0 Å². The fourth-order valence-corrected chi connectivity index (χ4v) is 1.63. The lowest BCUT2D eigenvalue weighted by Crippen LogP contribution is -2.26. The molecule has 0 saturated carbocycles. The largest absolute Gasteiger partial charge is 0.506 e. The van der Waals surface area contributed by atoms with Gasteiger partial charge < -0.3 is 22.3 Å². The fraction of sp³-hybridized carbons (Fsp3) is 0. The summed E-state index contributed by atoms with van der Waals surface area (Å²) in [5, 5.41) is 9.44. The van der Waals surface area contributed by atoms with Crippen LogP contribution in [-0.4, -0.2) is 17.0 Å². The van der Waals surface area contributed by atoms with Crippen LogP contribution < -0.4 is 17.2 Å². The van der Waals surface area contributed by atoms with Gasteiger partial charge in [0.05, 0.1) is 0 Å². The van der Waals surface area contributed by atoms with Crippen molar-refractivity contribution >= 4 is 40.2 Å². The molecule has 86 valence electrons. The highest BCUT2D eigenvalue weighted by atomic mass is 127. The number of nitrogens with two attached hydrogens (primary N) is 3. The van der Waals surface area contributed by atoms with Crippen LogP contribution in [0.15, 0.2) is 22.1 Å². The Balaban J connectivity index is 3.20. The SMILES string of the molecule is NC(N)=NC(N)=Nc1c(O)cc(F)cc1I. The van der Waals surface area contributed by atoms with Crippen LogP contribution >= 0.6 is 22.6 Å². The number of hydrogen-bond acceptors (Lipinski definition) is 2. The minimum absolute atomic E-state index is 0.115. The Morgan fingerprint density at radius 1 is 1.31 bits per heavy atom. The number of phenols is 1. The number of guanidine groups is 2. The Morgan fingerprint density at radius 3 is 2.44 bits per heavy atom. The molecular formula is C8H9FIN5O. The molecule has 0 aliphatic carbocycles. The molecule has 0 aliphatic heterocycles. The second-order valence-corrected chi connectivity index (χ2v) is 3.92. The predicted octanol–water partition coefficient (Wildman–Crippen LogP) is 0.356. The number of halogens is 2. The third-order valence-electron chi connectivity index (χ3n) is 1.48. The summed E-state index contributed by atoms with van der Waals surface area (Å²) in [5.74, 6) is -1.38. The second kappa shape index (κ2) is 4.96. The molecule has 16 heavy (non-hydrogen) atoms. The van der Waals surface area contributed by atoms with Crippen molar-refractivity contribution in [3.8, 4) is 5.75 Å². The number of nitrogens with zero attached hydrogens (tertiary/aromatic N) is 2. The van der Waals surface area contributed by atoms with Crippen LogP contribution in [0.25, 0.3) is 0 Å². The predicted molar refractivity (Wildman–Crippen MR) is 67.9 cm³/mol. The van der Waals surface area contributed by atoms with Crippen molar-refractivity contribution in [2.45, 2.75) is 0 Å². The zero-order valence-electron chi connectivity index (χ0n) is 7.98. The van der Waals surface area contributed by atoms with Gasteiger partial charge >= 0.3 is 0 Å². The fourth-order valence-electron chi connectivity index (χ4n) is 0.935. The standard InChI is InChI=1S/C8H9FIN5O/c9-3-1-4(10)6(5(16)2-3)14-8(13)15-7(11)12/h1-2,16H,(H6,11,12,13,14,15). The van der Waals surface area contributed by atoms with E-state index in [1.54, 1.807) is 22.6 Å². The molecule has 1 aromatic rings. The molecular weight excluding hydrogens is 328 g/mol. The summed E-state index contributed by atoms with van der Waals surface area (Å²) in [6.45, 7) is 0. The summed E-state index contributed by atoms with van der Waals surface area (Å²) in [5.41, 5.74) is 15.7. The second-order valence-electron chi connectivity index (χ2n) is 2.76. The van der Waals surface area contributed by atoms with Gasteiger partial charge in [-0.2, -0.15) is 4.99 Å². The molecule has 8 heteroatoms. The van der Waals surface area contributed by atoms with E-state index in [4.69, 9.17) is 17.2 Å². The van der Waals surface area contributed by atoms with E-state index in [1.807, 2.05) is 0 Å².